The molecule has 7 atom stereocenters. The number of halogens is 1. The van der Waals surface area contributed by atoms with Crippen LogP contribution in [0.3, 0.4) is 0 Å². The van der Waals surface area contributed by atoms with E-state index < -0.39 is 57.8 Å². The molecule has 0 amide bonds. The molecule has 168 valence electrons. The number of ether oxygens (including phenoxy) is 1. The number of ketones is 2. The number of aliphatic carboxylic acids is 1. The van der Waals surface area contributed by atoms with Crippen molar-refractivity contribution in [3.8, 4) is 0 Å². The summed E-state index contributed by atoms with van der Waals surface area (Å²) in [5.41, 5.74) is -5.84. The second-order valence-electron chi connectivity index (χ2n) is 9.86. The molecule has 0 aromatic rings. The number of aliphatic hydroxyl groups excluding tert-OH is 1. The number of carboxylic acids is 1. The van der Waals surface area contributed by atoms with Crippen LogP contribution in [0.25, 0.3) is 0 Å². The Morgan fingerprint density at radius 3 is 2.48 bits per heavy atom. The molecule has 4 rings (SSSR count). The maximum atomic E-state index is 17.0. The van der Waals surface area contributed by atoms with Gasteiger partial charge in [0.05, 0.1) is 6.10 Å². The molecule has 8 heteroatoms. The Morgan fingerprint density at radius 1 is 1.19 bits per heavy atom. The highest BCUT2D eigenvalue weighted by molar-refractivity contribution is 6.36. The summed E-state index contributed by atoms with van der Waals surface area (Å²) in [5, 5.41) is 20.7. The van der Waals surface area contributed by atoms with E-state index in [1.54, 1.807) is 13.8 Å². The Labute approximate surface area is 179 Å². The maximum absolute atomic E-state index is 17.0. The van der Waals surface area contributed by atoms with Crippen molar-refractivity contribution in [2.45, 2.75) is 70.2 Å². The molecule has 31 heavy (non-hydrogen) atoms. The lowest BCUT2D eigenvalue weighted by Gasteiger charge is -2.62. The highest BCUT2D eigenvalue weighted by Gasteiger charge is 2.76. The number of esters is 1. The van der Waals surface area contributed by atoms with Crippen LogP contribution in [-0.2, 0) is 23.9 Å². The second-order valence-corrected chi connectivity index (χ2v) is 9.86. The SMILES string of the molecule is CC(=O)O[C@]1(C(=O)C(=O)O)CC[C@H]2[C@@H]3CCC4=CC(=O)C=C[C@]4(C)[C@@]3(F)[C@@H](O)C[C@@]21C. The van der Waals surface area contributed by atoms with Gasteiger partial charge >= 0.3 is 11.9 Å². The van der Waals surface area contributed by atoms with Crippen molar-refractivity contribution in [1.29, 1.82) is 0 Å². The molecule has 7 nitrogen and oxygen atoms in total. The molecule has 0 heterocycles. The molecule has 0 bridgehead atoms. The average Bonchev–Trinajstić information content (AvgIpc) is 2.95. The monoisotopic (exact) mass is 434 g/mol. The van der Waals surface area contributed by atoms with Crippen LogP contribution < -0.4 is 0 Å². The normalized spacial score (nSPS) is 45.8. The average molecular weight is 434 g/mol. The summed E-state index contributed by atoms with van der Waals surface area (Å²) in [6, 6.07) is 0. The number of carbonyl (C=O) groups is 4. The maximum Gasteiger partial charge on any atom is 0.376 e. The van der Waals surface area contributed by atoms with Gasteiger partial charge in [-0.3, -0.25) is 14.4 Å². The van der Waals surface area contributed by atoms with Crippen molar-refractivity contribution in [3.63, 3.8) is 0 Å². The number of hydrogen-bond donors (Lipinski definition) is 2. The minimum absolute atomic E-state index is 0.0358. The zero-order valence-electron chi connectivity index (χ0n) is 17.8. The Morgan fingerprint density at radius 2 is 1.87 bits per heavy atom. The van der Waals surface area contributed by atoms with Gasteiger partial charge in [0.15, 0.2) is 17.1 Å². The lowest BCUT2D eigenvalue weighted by Crippen LogP contribution is -2.69. The van der Waals surface area contributed by atoms with Crippen LogP contribution >= 0.6 is 0 Å². The number of fused-ring (bicyclic) bond motifs is 5. The predicted molar refractivity (Wildman–Crippen MR) is 105 cm³/mol. The van der Waals surface area contributed by atoms with Gasteiger partial charge in [0, 0.05) is 23.7 Å². The topological polar surface area (TPSA) is 118 Å². The summed E-state index contributed by atoms with van der Waals surface area (Å²) in [7, 11) is 0. The molecule has 0 unspecified atom stereocenters. The molecule has 0 aromatic heterocycles. The first-order valence-electron chi connectivity index (χ1n) is 10.6. The smallest absolute Gasteiger partial charge is 0.376 e. The van der Waals surface area contributed by atoms with Gasteiger partial charge < -0.3 is 14.9 Å². The van der Waals surface area contributed by atoms with E-state index in [0.29, 0.717) is 24.8 Å². The predicted octanol–water partition coefficient (Wildman–Crippen LogP) is 2.31. The summed E-state index contributed by atoms with van der Waals surface area (Å²) in [6.07, 6.45) is 3.56. The van der Waals surface area contributed by atoms with Crippen molar-refractivity contribution >= 4 is 23.5 Å². The number of allylic oxidation sites excluding steroid dienone is 4. The molecule has 0 aromatic carbocycles. The first kappa shape index (κ1) is 21.9. The third-order valence-corrected chi connectivity index (χ3v) is 8.64. The molecule has 4 aliphatic carbocycles. The summed E-state index contributed by atoms with van der Waals surface area (Å²) < 4.78 is 22.4. The number of Topliss-reactive ketones (excluding diaryl/α,β-unsaturated/α-hetero) is 1. The van der Waals surface area contributed by atoms with E-state index in [0.717, 1.165) is 6.92 Å². The fourth-order valence-corrected chi connectivity index (χ4v) is 7.20. The van der Waals surface area contributed by atoms with E-state index in [4.69, 9.17) is 4.74 Å². The molecule has 2 N–H and O–H groups in total. The van der Waals surface area contributed by atoms with Gasteiger partial charge in [-0.05, 0) is 57.1 Å². The van der Waals surface area contributed by atoms with Crippen LogP contribution in [0.4, 0.5) is 4.39 Å². The molecular weight excluding hydrogens is 407 g/mol. The second kappa shape index (κ2) is 6.58. The molecule has 3 saturated carbocycles. The minimum Gasteiger partial charge on any atom is -0.475 e. The Balaban J connectivity index is 1.84. The Kier molecular flexibility index (Phi) is 4.64. The van der Waals surface area contributed by atoms with E-state index >= 15 is 4.39 Å². The highest BCUT2D eigenvalue weighted by Crippen LogP contribution is 2.70. The molecular formula is C23H27FO7. The largest absolute Gasteiger partial charge is 0.475 e. The summed E-state index contributed by atoms with van der Waals surface area (Å²) in [5.74, 6) is -5.14. The number of rotatable bonds is 3. The van der Waals surface area contributed by atoms with E-state index in [9.17, 15) is 29.4 Å². The fraction of sp³-hybridized carbons (Fsp3) is 0.652. The first-order valence-corrected chi connectivity index (χ1v) is 10.6. The van der Waals surface area contributed by atoms with Crippen molar-refractivity contribution in [1.82, 2.24) is 0 Å². The number of hydrogen-bond acceptors (Lipinski definition) is 6. The Hall–Kier alpha value is -2.35. The Bertz CT molecular complexity index is 954. The lowest BCUT2D eigenvalue weighted by molar-refractivity contribution is -0.224. The number of aliphatic hydroxyl groups is 1. The summed E-state index contributed by atoms with van der Waals surface area (Å²) >= 11 is 0. The van der Waals surface area contributed by atoms with Crippen molar-refractivity contribution < 1.29 is 38.5 Å². The number of alkyl halides is 1. The molecule has 4 aliphatic rings. The fourth-order valence-electron chi connectivity index (χ4n) is 7.20. The third kappa shape index (κ3) is 2.54. The van der Waals surface area contributed by atoms with Gasteiger partial charge in [-0.1, -0.05) is 18.6 Å². The summed E-state index contributed by atoms with van der Waals surface area (Å²) in [4.78, 5) is 48.3. The van der Waals surface area contributed by atoms with Gasteiger partial charge in [0.25, 0.3) is 5.78 Å². The van der Waals surface area contributed by atoms with Crippen LogP contribution in [-0.4, -0.2) is 51.1 Å². The highest BCUT2D eigenvalue weighted by atomic mass is 19.1. The number of carbonyl (C=O) groups excluding carboxylic acids is 3. The van der Waals surface area contributed by atoms with Crippen LogP contribution in [0.5, 0.6) is 0 Å². The zero-order chi connectivity index (χ0) is 23.0. The van der Waals surface area contributed by atoms with Crippen molar-refractivity contribution in [2.75, 3.05) is 0 Å². The van der Waals surface area contributed by atoms with E-state index in [2.05, 4.69) is 0 Å². The van der Waals surface area contributed by atoms with Crippen LogP contribution in [0.1, 0.15) is 52.9 Å². The van der Waals surface area contributed by atoms with Crippen molar-refractivity contribution in [3.05, 3.63) is 23.8 Å². The van der Waals surface area contributed by atoms with Crippen molar-refractivity contribution in [2.24, 2.45) is 22.7 Å². The van der Waals surface area contributed by atoms with Gasteiger partial charge in [0.2, 0.25) is 0 Å². The minimum atomic E-state index is -2.10. The van der Waals surface area contributed by atoms with Gasteiger partial charge in [0.1, 0.15) is 0 Å². The zero-order valence-corrected chi connectivity index (χ0v) is 17.8. The molecule has 0 aliphatic heterocycles. The van der Waals surface area contributed by atoms with Gasteiger partial charge in [-0.15, -0.1) is 0 Å². The lowest BCUT2D eigenvalue weighted by atomic mass is 9.44. The molecule has 0 saturated heterocycles. The molecule has 3 fully saturated rings. The third-order valence-electron chi connectivity index (χ3n) is 8.64. The first-order chi connectivity index (χ1) is 14.3. The van der Waals surface area contributed by atoms with Crippen LogP contribution in [0.15, 0.2) is 23.8 Å². The van der Waals surface area contributed by atoms with E-state index in [1.807, 2.05) is 0 Å². The quantitative estimate of drug-likeness (QED) is 0.517. The number of carboxylic acid groups (broad SMARTS) is 1. The summed E-state index contributed by atoms with van der Waals surface area (Å²) in [6.45, 7) is 4.41. The van der Waals surface area contributed by atoms with Gasteiger partial charge in [-0.25, -0.2) is 9.18 Å². The van der Waals surface area contributed by atoms with Crippen LogP contribution in [0.2, 0.25) is 0 Å². The molecule has 0 radical (unpaired) electrons. The van der Waals surface area contributed by atoms with Gasteiger partial charge in [-0.2, -0.15) is 0 Å². The standard InChI is InChI=1S/C23H27FO7/c1-12(25)31-22(18(28)19(29)30)9-7-15-16-5-4-13-10-14(26)6-8-20(13,2)23(16,24)17(27)11-21(15,22)3/h6,8,10,15-17,27H,4-5,7,9,11H2,1-3H3,(H,29,30)/t15-,16-,17-,20-,21-,22-,23-/m0/s1. The van der Waals surface area contributed by atoms with E-state index in [1.165, 1.54) is 18.2 Å². The van der Waals surface area contributed by atoms with E-state index in [-0.39, 0.29) is 18.6 Å². The van der Waals surface area contributed by atoms with Crippen LogP contribution in [0, 0.1) is 22.7 Å². The molecule has 0 spiro atoms.